The van der Waals surface area contributed by atoms with E-state index in [0.29, 0.717) is 5.92 Å². The van der Waals surface area contributed by atoms with Crippen molar-refractivity contribution in [2.24, 2.45) is 5.92 Å². The molecule has 2 heterocycles. The average Bonchev–Trinajstić information content (AvgIpc) is 3.27. The van der Waals surface area contributed by atoms with Crippen molar-refractivity contribution >= 4 is 23.4 Å². The van der Waals surface area contributed by atoms with Gasteiger partial charge in [0, 0.05) is 21.9 Å². The molecule has 1 fully saturated rings. The maximum absolute atomic E-state index is 11.2. The second-order valence-corrected chi connectivity index (χ2v) is 7.85. The Kier molecular flexibility index (Phi) is 4.00. The van der Waals surface area contributed by atoms with Gasteiger partial charge in [-0.05, 0) is 36.1 Å². The smallest absolute Gasteiger partial charge is 0.307 e. The Morgan fingerprint density at radius 3 is 2.76 bits per heavy atom. The molecule has 25 heavy (non-hydrogen) atoms. The minimum Gasteiger partial charge on any atom is -0.481 e. The van der Waals surface area contributed by atoms with Crippen molar-refractivity contribution in [2.45, 2.75) is 41.9 Å². The van der Waals surface area contributed by atoms with Gasteiger partial charge in [0.25, 0.3) is 0 Å². The molecule has 0 spiro atoms. The normalized spacial score (nSPS) is 19.5. The van der Waals surface area contributed by atoms with Gasteiger partial charge >= 0.3 is 5.97 Å². The van der Waals surface area contributed by atoms with Gasteiger partial charge in [-0.3, -0.25) is 9.20 Å². The van der Waals surface area contributed by atoms with Gasteiger partial charge in [0.05, 0.1) is 5.92 Å². The maximum Gasteiger partial charge on any atom is 0.307 e. The summed E-state index contributed by atoms with van der Waals surface area (Å²) in [7, 11) is 0. The SMILES string of the molecule is CC(C)c1nnc2ccc(Sc3ccccc3C3CC3C(=O)O)cn12. The Morgan fingerprint density at radius 1 is 1.24 bits per heavy atom. The largest absolute Gasteiger partial charge is 0.481 e. The topological polar surface area (TPSA) is 67.5 Å². The number of pyridine rings is 1. The molecule has 128 valence electrons. The van der Waals surface area contributed by atoms with Gasteiger partial charge in [-0.1, -0.05) is 43.8 Å². The lowest BCUT2D eigenvalue weighted by atomic mass is 10.1. The van der Waals surface area contributed by atoms with Crippen LogP contribution >= 0.6 is 11.8 Å². The molecule has 1 aliphatic rings. The molecule has 6 heteroatoms. The van der Waals surface area contributed by atoms with Crippen molar-refractivity contribution < 1.29 is 9.90 Å². The first-order valence-electron chi connectivity index (χ1n) is 8.39. The highest BCUT2D eigenvalue weighted by molar-refractivity contribution is 7.99. The monoisotopic (exact) mass is 353 g/mol. The lowest BCUT2D eigenvalue weighted by Gasteiger charge is -2.09. The van der Waals surface area contributed by atoms with Crippen LogP contribution in [0.25, 0.3) is 5.65 Å². The van der Waals surface area contributed by atoms with E-state index in [9.17, 15) is 9.90 Å². The van der Waals surface area contributed by atoms with Crippen molar-refractivity contribution in [3.8, 4) is 0 Å². The third-order valence-corrected chi connectivity index (χ3v) is 5.64. The van der Waals surface area contributed by atoms with Crippen molar-refractivity contribution in [3.63, 3.8) is 0 Å². The molecule has 2 unspecified atom stereocenters. The first-order chi connectivity index (χ1) is 12.0. The maximum atomic E-state index is 11.2. The molecule has 3 aromatic rings. The number of rotatable bonds is 5. The van der Waals surface area contributed by atoms with Crippen LogP contribution in [0.3, 0.4) is 0 Å². The highest BCUT2D eigenvalue weighted by atomic mass is 32.2. The number of hydrogen-bond donors (Lipinski definition) is 1. The summed E-state index contributed by atoms with van der Waals surface area (Å²) in [6.45, 7) is 4.20. The summed E-state index contributed by atoms with van der Waals surface area (Å²) in [6, 6.07) is 12.1. The predicted octanol–water partition coefficient (Wildman–Crippen LogP) is 4.19. The molecule has 2 atom stereocenters. The highest BCUT2D eigenvalue weighted by Crippen LogP contribution is 2.50. The summed E-state index contributed by atoms with van der Waals surface area (Å²) in [5, 5.41) is 17.7. The number of aromatic nitrogens is 3. The summed E-state index contributed by atoms with van der Waals surface area (Å²) in [4.78, 5) is 13.4. The molecule has 5 nitrogen and oxygen atoms in total. The van der Waals surface area contributed by atoms with Crippen LogP contribution in [-0.2, 0) is 4.79 Å². The minimum absolute atomic E-state index is 0.131. The zero-order valence-corrected chi connectivity index (χ0v) is 14.9. The Balaban J connectivity index is 1.66. The van der Waals surface area contributed by atoms with Crippen molar-refractivity contribution in [1.82, 2.24) is 14.6 Å². The quantitative estimate of drug-likeness (QED) is 0.745. The summed E-state index contributed by atoms with van der Waals surface area (Å²) < 4.78 is 2.03. The van der Waals surface area contributed by atoms with Gasteiger partial charge in [0.1, 0.15) is 5.82 Å². The number of hydrogen-bond acceptors (Lipinski definition) is 4. The Labute approximate surface area is 150 Å². The number of nitrogens with zero attached hydrogens (tertiary/aromatic N) is 3. The van der Waals surface area contributed by atoms with Crippen LogP contribution in [-0.4, -0.2) is 25.7 Å². The molecule has 0 amide bonds. The van der Waals surface area contributed by atoms with E-state index >= 15 is 0 Å². The zero-order chi connectivity index (χ0) is 17.6. The fraction of sp³-hybridized carbons (Fsp3) is 0.316. The molecule has 0 radical (unpaired) electrons. The Hall–Kier alpha value is -2.34. The van der Waals surface area contributed by atoms with Crippen LogP contribution in [0.15, 0.2) is 52.4 Å². The van der Waals surface area contributed by atoms with Crippen LogP contribution < -0.4 is 0 Å². The molecule has 0 bridgehead atoms. The highest BCUT2D eigenvalue weighted by Gasteiger charge is 2.45. The summed E-state index contributed by atoms with van der Waals surface area (Å²) >= 11 is 1.67. The van der Waals surface area contributed by atoms with E-state index in [1.807, 2.05) is 34.7 Å². The minimum atomic E-state index is -0.697. The van der Waals surface area contributed by atoms with E-state index in [4.69, 9.17) is 0 Å². The molecule has 2 aromatic heterocycles. The van der Waals surface area contributed by atoms with Crippen LogP contribution in [0, 0.1) is 5.92 Å². The van der Waals surface area contributed by atoms with Gasteiger partial charge in [0.2, 0.25) is 0 Å². The zero-order valence-electron chi connectivity index (χ0n) is 14.1. The number of aliphatic carboxylic acids is 1. The number of carboxylic acids is 1. The Bertz CT molecular complexity index is 951. The van der Waals surface area contributed by atoms with Gasteiger partial charge < -0.3 is 5.11 Å². The van der Waals surface area contributed by atoms with Crippen LogP contribution in [0.1, 0.15) is 43.5 Å². The molecule has 1 saturated carbocycles. The van der Waals surface area contributed by atoms with Crippen molar-refractivity contribution in [1.29, 1.82) is 0 Å². The third kappa shape index (κ3) is 3.02. The summed E-state index contributed by atoms with van der Waals surface area (Å²) in [6.07, 6.45) is 2.79. The molecule has 4 rings (SSSR count). The van der Waals surface area contributed by atoms with Crippen LogP contribution in [0.2, 0.25) is 0 Å². The van der Waals surface area contributed by atoms with Crippen molar-refractivity contribution in [3.05, 3.63) is 54.0 Å². The lowest BCUT2D eigenvalue weighted by Crippen LogP contribution is -1.99. The predicted molar refractivity (Wildman–Crippen MR) is 96.1 cm³/mol. The molecular weight excluding hydrogens is 334 g/mol. The number of carbonyl (C=O) groups is 1. The number of fused-ring (bicyclic) bond motifs is 1. The van der Waals surface area contributed by atoms with Crippen LogP contribution in [0.5, 0.6) is 0 Å². The molecule has 1 aromatic carbocycles. The standard InChI is InChI=1S/C19H19N3O2S/c1-11(2)18-21-20-17-8-7-12(10-22(17)18)25-16-6-4-3-5-13(16)14-9-15(14)19(23)24/h3-8,10-11,14-15H,9H2,1-2H3,(H,23,24). The second-order valence-electron chi connectivity index (χ2n) is 6.73. The average molecular weight is 353 g/mol. The second kappa shape index (κ2) is 6.19. The number of benzene rings is 1. The van der Waals surface area contributed by atoms with E-state index in [1.165, 1.54) is 0 Å². The van der Waals surface area contributed by atoms with E-state index in [2.05, 4.69) is 36.3 Å². The molecule has 0 saturated heterocycles. The summed E-state index contributed by atoms with van der Waals surface area (Å²) in [5.41, 5.74) is 1.97. The van der Waals surface area contributed by atoms with E-state index in [-0.39, 0.29) is 11.8 Å². The van der Waals surface area contributed by atoms with Crippen LogP contribution in [0.4, 0.5) is 0 Å². The molecule has 0 aliphatic heterocycles. The fourth-order valence-corrected chi connectivity index (χ4v) is 4.19. The van der Waals surface area contributed by atoms with Gasteiger partial charge in [-0.15, -0.1) is 10.2 Å². The van der Waals surface area contributed by atoms with Gasteiger partial charge in [0.15, 0.2) is 5.65 Å². The molecular formula is C19H19N3O2S. The van der Waals surface area contributed by atoms with E-state index in [0.717, 1.165) is 33.2 Å². The van der Waals surface area contributed by atoms with Crippen molar-refractivity contribution in [2.75, 3.05) is 0 Å². The third-order valence-electron chi connectivity index (χ3n) is 4.57. The lowest BCUT2D eigenvalue weighted by molar-refractivity contribution is -0.138. The van der Waals surface area contributed by atoms with Gasteiger partial charge in [-0.2, -0.15) is 0 Å². The molecule has 1 aliphatic carbocycles. The van der Waals surface area contributed by atoms with Gasteiger partial charge in [-0.25, -0.2) is 0 Å². The summed E-state index contributed by atoms with van der Waals surface area (Å²) in [5.74, 6) is 0.433. The number of carboxylic acid groups (broad SMARTS) is 1. The van der Waals surface area contributed by atoms with E-state index in [1.54, 1.807) is 11.8 Å². The van der Waals surface area contributed by atoms with E-state index < -0.39 is 5.97 Å². The first kappa shape index (κ1) is 16.1. The fourth-order valence-electron chi connectivity index (χ4n) is 3.16. The Morgan fingerprint density at radius 2 is 2.04 bits per heavy atom. The first-order valence-corrected chi connectivity index (χ1v) is 9.20. The molecule has 1 N–H and O–H groups in total.